The number of benzene rings is 1. The molecule has 1 aromatic carbocycles. The molecule has 0 aromatic heterocycles. The van der Waals surface area contributed by atoms with Crippen LogP contribution in [0.25, 0.3) is 0 Å². The smallest absolute Gasteiger partial charge is 0.412 e. The van der Waals surface area contributed by atoms with Crippen LogP contribution in [-0.2, 0) is 16.1 Å². The molecule has 2 heterocycles. The second-order valence-electron chi connectivity index (χ2n) is 10.9. The Kier molecular flexibility index (Phi) is 9.12. The summed E-state index contributed by atoms with van der Waals surface area (Å²) in [5.74, 6) is -0.230. The first-order valence-electron chi connectivity index (χ1n) is 12.8. The van der Waals surface area contributed by atoms with Crippen LogP contribution >= 0.6 is 0 Å². The average molecular weight is 498 g/mol. The molecule has 0 radical (unpaired) electrons. The van der Waals surface area contributed by atoms with Crippen LogP contribution in [-0.4, -0.2) is 52.6 Å². The number of nitrogens with zero attached hydrogens (tertiary/aromatic N) is 2. The number of hydrogen-bond acceptors (Lipinski definition) is 4. The molecule has 2 atom stereocenters. The van der Waals surface area contributed by atoms with Gasteiger partial charge in [0, 0.05) is 43.5 Å². The van der Waals surface area contributed by atoms with Crippen molar-refractivity contribution in [2.75, 3.05) is 13.1 Å². The number of hydrogen-bond donors (Lipinski definition) is 1. The van der Waals surface area contributed by atoms with Crippen LogP contribution in [0.1, 0.15) is 66.4 Å². The lowest BCUT2D eigenvalue weighted by atomic mass is 10.1. The molecule has 2 bridgehead atoms. The third-order valence-electron chi connectivity index (χ3n) is 6.62. The molecule has 1 aromatic rings. The number of fused-ring (bicyclic) bond motifs is 2. The van der Waals surface area contributed by atoms with Gasteiger partial charge in [0.15, 0.2) is 0 Å². The second-order valence-corrected chi connectivity index (χ2v) is 10.9. The van der Waals surface area contributed by atoms with Gasteiger partial charge >= 0.3 is 6.09 Å². The van der Waals surface area contributed by atoms with Gasteiger partial charge in [0.2, 0.25) is 5.91 Å². The van der Waals surface area contributed by atoms with Crippen LogP contribution in [0, 0.1) is 5.82 Å². The molecule has 0 spiro atoms. The molecule has 3 rings (SSSR count). The SMILES string of the molecule is CC\C(C)=C/C(NC(=O)OC(C)(C)C)=C(C)/C=C/C(=O)N1C2CCC1CN(Cc1ccc(F)cc1)C2. The van der Waals surface area contributed by atoms with Crippen molar-refractivity contribution in [3.63, 3.8) is 0 Å². The van der Waals surface area contributed by atoms with Crippen molar-refractivity contribution < 1.29 is 18.7 Å². The molecule has 2 amide bonds. The summed E-state index contributed by atoms with van der Waals surface area (Å²) in [5.41, 5.74) is 2.99. The third-order valence-corrected chi connectivity index (χ3v) is 6.62. The highest BCUT2D eigenvalue weighted by atomic mass is 19.1. The maximum absolute atomic E-state index is 13.2. The van der Waals surface area contributed by atoms with E-state index in [1.165, 1.54) is 12.1 Å². The van der Waals surface area contributed by atoms with Gasteiger partial charge in [-0.15, -0.1) is 0 Å². The fourth-order valence-corrected chi connectivity index (χ4v) is 4.71. The molecule has 1 N–H and O–H groups in total. The highest BCUT2D eigenvalue weighted by Crippen LogP contribution is 2.31. The summed E-state index contributed by atoms with van der Waals surface area (Å²) >= 11 is 0. The number of allylic oxidation sites excluding steroid dienone is 4. The molecule has 2 aliphatic rings. The van der Waals surface area contributed by atoms with E-state index in [4.69, 9.17) is 4.74 Å². The molecule has 196 valence electrons. The predicted octanol–water partition coefficient (Wildman–Crippen LogP) is 5.71. The van der Waals surface area contributed by atoms with Gasteiger partial charge in [-0.3, -0.25) is 15.0 Å². The predicted molar refractivity (Wildman–Crippen MR) is 141 cm³/mol. The normalized spacial score (nSPS) is 21.5. The van der Waals surface area contributed by atoms with Gasteiger partial charge in [-0.1, -0.05) is 30.7 Å². The van der Waals surface area contributed by atoms with Crippen LogP contribution in [0.5, 0.6) is 0 Å². The number of carbonyl (C=O) groups excluding carboxylic acids is 2. The number of likely N-dealkylation sites (tertiary alicyclic amines) is 1. The van der Waals surface area contributed by atoms with Crippen LogP contribution in [0.2, 0.25) is 0 Å². The molecule has 0 saturated carbocycles. The highest BCUT2D eigenvalue weighted by Gasteiger charge is 2.41. The largest absolute Gasteiger partial charge is 0.444 e. The summed E-state index contributed by atoms with van der Waals surface area (Å²) in [4.78, 5) is 30.0. The monoisotopic (exact) mass is 497 g/mol. The molecular formula is C29H40FN3O3. The number of nitrogens with one attached hydrogen (secondary N) is 1. The minimum atomic E-state index is -0.601. The Morgan fingerprint density at radius 3 is 2.25 bits per heavy atom. The van der Waals surface area contributed by atoms with Gasteiger partial charge in [0.05, 0.1) is 0 Å². The van der Waals surface area contributed by atoms with E-state index in [1.54, 1.807) is 12.2 Å². The quantitative estimate of drug-likeness (QED) is 0.387. The Morgan fingerprint density at radius 2 is 1.69 bits per heavy atom. The van der Waals surface area contributed by atoms with Gasteiger partial charge in [0.1, 0.15) is 11.4 Å². The summed E-state index contributed by atoms with van der Waals surface area (Å²) in [7, 11) is 0. The molecule has 2 aliphatic heterocycles. The Labute approximate surface area is 214 Å². The second kappa shape index (κ2) is 11.9. The zero-order chi connectivity index (χ0) is 26.5. The molecular weight excluding hydrogens is 457 g/mol. The van der Waals surface area contributed by atoms with E-state index in [0.29, 0.717) is 5.70 Å². The van der Waals surface area contributed by atoms with Crippen molar-refractivity contribution in [3.05, 3.63) is 70.7 Å². The van der Waals surface area contributed by atoms with E-state index in [-0.39, 0.29) is 23.8 Å². The third kappa shape index (κ3) is 7.79. The van der Waals surface area contributed by atoms with Gasteiger partial charge < -0.3 is 9.64 Å². The number of ether oxygens (including phenoxy) is 1. The number of rotatable bonds is 7. The van der Waals surface area contributed by atoms with Crippen LogP contribution in [0.4, 0.5) is 9.18 Å². The first-order chi connectivity index (χ1) is 16.9. The molecule has 2 saturated heterocycles. The average Bonchev–Trinajstić information content (AvgIpc) is 3.07. The minimum Gasteiger partial charge on any atom is -0.444 e. The van der Waals surface area contributed by atoms with Gasteiger partial charge in [-0.2, -0.15) is 0 Å². The van der Waals surface area contributed by atoms with Crippen molar-refractivity contribution in [2.45, 2.75) is 85.0 Å². The number of halogens is 1. The van der Waals surface area contributed by atoms with Crippen LogP contribution < -0.4 is 5.32 Å². The zero-order valence-electron chi connectivity index (χ0n) is 22.4. The molecule has 0 aliphatic carbocycles. The van der Waals surface area contributed by atoms with E-state index in [9.17, 15) is 14.0 Å². The Morgan fingerprint density at radius 1 is 1.08 bits per heavy atom. The lowest BCUT2D eigenvalue weighted by Crippen LogP contribution is -2.55. The van der Waals surface area contributed by atoms with Gasteiger partial charge in [-0.25, -0.2) is 9.18 Å². The summed E-state index contributed by atoms with van der Waals surface area (Å²) in [6, 6.07) is 6.98. The highest BCUT2D eigenvalue weighted by molar-refractivity contribution is 5.89. The van der Waals surface area contributed by atoms with E-state index < -0.39 is 11.7 Å². The molecule has 7 heteroatoms. The first kappa shape index (κ1) is 27.7. The Bertz CT molecular complexity index is 1020. The maximum Gasteiger partial charge on any atom is 0.412 e. The Balaban J connectivity index is 1.68. The van der Waals surface area contributed by atoms with Crippen LogP contribution in [0.3, 0.4) is 0 Å². The molecule has 6 nitrogen and oxygen atoms in total. The maximum atomic E-state index is 13.2. The van der Waals surface area contributed by atoms with E-state index in [2.05, 4.69) is 17.1 Å². The number of amides is 2. The number of alkyl carbamates (subject to hydrolysis) is 1. The lowest BCUT2D eigenvalue weighted by Gasteiger charge is -2.40. The summed E-state index contributed by atoms with van der Waals surface area (Å²) in [6.07, 6.45) is 7.62. The van der Waals surface area contributed by atoms with Crippen molar-refractivity contribution in [2.24, 2.45) is 0 Å². The van der Waals surface area contributed by atoms with E-state index >= 15 is 0 Å². The first-order valence-corrected chi connectivity index (χ1v) is 12.8. The topological polar surface area (TPSA) is 61.9 Å². The molecule has 2 fully saturated rings. The number of piperazine rings is 1. The Hall–Kier alpha value is -2.93. The number of carbonyl (C=O) groups is 2. The van der Waals surface area contributed by atoms with Crippen LogP contribution in [0.15, 0.2) is 59.3 Å². The van der Waals surface area contributed by atoms with Crippen molar-refractivity contribution in [3.8, 4) is 0 Å². The lowest BCUT2D eigenvalue weighted by molar-refractivity contribution is -0.131. The zero-order valence-corrected chi connectivity index (χ0v) is 22.4. The van der Waals surface area contributed by atoms with Crippen molar-refractivity contribution in [1.29, 1.82) is 0 Å². The van der Waals surface area contributed by atoms with Gasteiger partial charge in [-0.05, 0) is 83.2 Å². The fraction of sp³-hybridized carbons (Fsp3) is 0.517. The minimum absolute atomic E-state index is 0.00362. The summed E-state index contributed by atoms with van der Waals surface area (Å²) in [5, 5.41) is 2.84. The van der Waals surface area contributed by atoms with Crippen molar-refractivity contribution >= 4 is 12.0 Å². The molecule has 2 unspecified atom stereocenters. The standard InChI is InChI=1S/C29H40FN3O3/c1-7-20(2)16-26(31-28(35)36-29(4,5)6)21(3)8-15-27(34)33-24-13-14-25(33)19-32(18-24)17-22-9-11-23(30)12-10-22/h8-12,15-16,24-25H,7,13-14,17-19H2,1-6H3,(H,31,35)/b15-8+,20-16-,26-21-. The summed E-state index contributed by atoms with van der Waals surface area (Å²) in [6.45, 7) is 13.8. The van der Waals surface area contributed by atoms with E-state index in [0.717, 1.165) is 55.6 Å². The fourth-order valence-electron chi connectivity index (χ4n) is 4.71. The summed E-state index contributed by atoms with van der Waals surface area (Å²) < 4.78 is 18.6. The van der Waals surface area contributed by atoms with Gasteiger partial charge in [0.25, 0.3) is 0 Å². The van der Waals surface area contributed by atoms with Crippen molar-refractivity contribution in [1.82, 2.24) is 15.1 Å². The van der Waals surface area contributed by atoms with E-state index in [1.807, 2.05) is 57.7 Å². The molecule has 36 heavy (non-hydrogen) atoms.